The normalized spacial score (nSPS) is 11.4. The van der Waals surface area contributed by atoms with Crippen molar-refractivity contribution in [3.05, 3.63) is 22.9 Å². The van der Waals surface area contributed by atoms with Crippen molar-refractivity contribution in [2.45, 2.75) is 6.42 Å². The Morgan fingerprint density at radius 2 is 2.41 bits per heavy atom. The van der Waals surface area contributed by atoms with Crippen LogP contribution in [-0.2, 0) is 4.74 Å². The maximum Gasteiger partial charge on any atom is 0.210 e. The fourth-order valence-corrected chi connectivity index (χ4v) is 1.50. The van der Waals surface area contributed by atoms with E-state index >= 15 is 0 Å². The van der Waals surface area contributed by atoms with Gasteiger partial charge in [0.05, 0.1) is 11.9 Å². The molecule has 94 valence electrons. The number of pyridine rings is 1. The van der Waals surface area contributed by atoms with Gasteiger partial charge in [-0.05, 0) is 28.4 Å². The number of hydrogen-bond acceptors (Lipinski definition) is 4. The van der Waals surface area contributed by atoms with Crippen molar-refractivity contribution in [3.8, 4) is 0 Å². The van der Waals surface area contributed by atoms with Crippen LogP contribution in [0.4, 0.5) is 5.69 Å². The summed E-state index contributed by atoms with van der Waals surface area (Å²) in [6, 6.07) is 1.88. The minimum atomic E-state index is 0.501. The Labute approximate surface area is 109 Å². The van der Waals surface area contributed by atoms with Gasteiger partial charge < -0.3 is 10.1 Å². The Morgan fingerprint density at radius 3 is 3.06 bits per heavy atom. The number of aromatic nitrogens is 1. The molecule has 0 amide bonds. The molecule has 17 heavy (non-hydrogen) atoms. The molecule has 0 spiro atoms. The lowest BCUT2D eigenvalue weighted by Crippen LogP contribution is -2.36. The maximum absolute atomic E-state index is 5.37. The summed E-state index contributed by atoms with van der Waals surface area (Å²) in [6.07, 6.45) is 4.24. The molecule has 7 heteroatoms. The summed E-state index contributed by atoms with van der Waals surface area (Å²) in [5, 5.41) is 3.03. The molecule has 6 nitrogen and oxygen atoms in total. The number of ether oxygens (including phenoxy) is 1. The van der Waals surface area contributed by atoms with Crippen LogP contribution >= 0.6 is 15.9 Å². The first-order chi connectivity index (χ1) is 8.26. The zero-order chi connectivity index (χ0) is 12.5. The van der Waals surface area contributed by atoms with Crippen molar-refractivity contribution in [1.29, 1.82) is 0 Å². The van der Waals surface area contributed by atoms with Gasteiger partial charge in [-0.2, -0.15) is 0 Å². The molecule has 0 aliphatic rings. The standard InChI is InChI=1S/C10H16BrN5O/c1-17-4-2-3-14-10(16-12)15-9-5-8(11)6-13-7-9/h5-7H,2-4,12H2,1H3,(H2,14,15,16). The molecule has 0 radical (unpaired) electrons. The molecular weight excluding hydrogens is 286 g/mol. The number of halogens is 1. The number of nitrogens with one attached hydrogen (secondary N) is 2. The minimum Gasteiger partial charge on any atom is -0.385 e. The lowest BCUT2D eigenvalue weighted by Gasteiger charge is -2.08. The van der Waals surface area contributed by atoms with Crippen LogP contribution in [0.25, 0.3) is 0 Å². The van der Waals surface area contributed by atoms with E-state index in [0.29, 0.717) is 19.1 Å². The molecule has 0 unspecified atom stereocenters. The summed E-state index contributed by atoms with van der Waals surface area (Å²) < 4.78 is 5.82. The fourth-order valence-electron chi connectivity index (χ4n) is 1.14. The van der Waals surface area contributed by atoms with E-state index in [1.165, 1.54) is 0 Å². The summed E-state index contributed by atoms with van der Waals surface area (Å²) in [5.41, 5.74) is 3.31. The monoisotopic (exact) mass is 301 g/mol. The average molecular weight is 302 g/mol. The number of nitrogens with two attached hydrogens (primary N) is 1. The summed E-state index contributed by atoms with van der Waals surface area (Å²) >= 11 is 3.34. The van der Waals surface area contributed by atoms with Crippen molar-refractivity contribution in [1.82, 2.24) is 10.4 Å². The van der Waals surface area contributed by atoms with Crippen LogP contribution in [0, 0.1) is 0 Å². The van der Waals surface area contributed by atoms with Crippen LogP contribution in [-0.4, -0.2) is 31.2 Å². The SMILES string of the molecule is COCCCN=C(NN)Nc1cncc(Br)c1. The van der Waals surface area contributed by atoms with E-state index in [4.69, 9.17) is 10.6 Å². The second-order valence-corrected chi connectivity index (χ2v) is 4.15. The lowest BCUT2D eigenvalue weighted by atomic mass is 10.4. The quantitative estimate of drug-likeness (QED) is 0.249. The Bertz CT molecular complexity index is 371. The number of nitrogens with zero attached hydrogens (tertiary/aromatic N) is 2. The molecule has 1 aromatic heterocycles. The third-order valence-electron chi connectivity index (χ3n) is 1.88. The van der Waals surface area contributed by atoms with E-state index < -0.39 is 0 Å². The van der Waals surface area contributed by atoms with E-state index in [-0.39, 0.29) is 0 Å². The van der Waals surface area contributed by atoms with Gasteiger partial charge >= 0.3 is 0 Å². The van der Waals surface area contributed by atoms with Crippen LogP contribution < -0.4 is 16.6 Å². The van der Waals surface area contributed by atoms with Gasteiger partial charge in [-0.25, -0.2) is 5.84 Å². The molecule has 0 aliphatic heterocycles. The zero-order valence-corrected chi connectivity index (χ0v) is 11.2. The molecule has 1 heterocycles. The third kappa shape index (κ3) is 5.62. The van der Waals surface area contributed by atoms with Crippen LogP contribution in [0.3, 0.4) is 0 Å². The first-order valence-corrected chi connectivity index (χ1v) is 5.93. The highest BCUT2D eigenvalue weighted by atomic mass is 79.9. The lowest BCUT2D eigenvalue weighted by molar-refractivity contribution is 0.197. The van der Waals surface area contributed by atoms with Gasteiger partial charge in [-0.3, -0.25) is 15.4 Å². The van der Waals surface area contributed by atoms with Crippen molar-refractivity contribution in [3.63, 3.8) is 0 Å². The molecule has 1 rings (SSSR count). The predicted octanol–water partition coefficient (Wildman–Crippen LogP) is 1.11. The largest absolute Gasteiger partial charge is 0.385 e. The average Bonchev–Trinajstić information content (AvgIpc) is 2.33. The van der Waals surface area contributed by atoms with Gasteiger partial charge in [0.1, 0.15) is 0 Å². The number of hydrogen-bond donors (Lipinski definition) is 3. The Balaban J connectivity index is 2.51. The first-order valence-electron chi connectivity index (χ1n) is 5.14. The Hall–Kier alpha value is -1.18. The minimum absolute atomic E-state index is 0.501. The highest BCUT2D eigenvalue weighted by Crippen LogP contribution is 2.13. The highest BCUT2D eigenvalue weighted by Gasteiger charge is 1.98. The van der Waals surface area contributed by atoms with Crippen LogP contribution in [0.5, 0.6) is 0 Å². The molecule has 0 aromatic carbocycles. The smallest absolute Gasteiger partial charge is 0.210 e. The molecule has 4 N–H and O–H groups in total. The molecule has 0 saturated heterocycles. The van der Waals surface area contributed by atoms with Gasteiger partial charge in [0, 0.05) is 30.9 Å². The Kier molecular flexibility index (Phi) is 6.53. The second-order valence-electron chi connectivity index (χ2n) is 3.24. The number of methoxy groups -OCH3 is 1. The fraction of sp³-hybridized carbons (Fsp3) is 0.400. The van der Waals surface area contributed by atoms with Gasteiger partial charge in [0.25, 0.3) is 0 Å². The molecule has 0 saturated carbocycles. The number of anilines is 1. The van der Waals surface area contributed by atoms with Gasteiger partial charge in [-0.15, -0.1) is 0 Å². The summed E-state index contributed by atoms with van der Waals surface area (Å²) in [4.78, 5) is 8.28. The number of rotatable bonds is 5. The predicted molar refractivity (Wildman–Crippen MR) is 71.7 cm³/mol. The molecular formula is C10H16BrN5O. The first kappa shape index (κ1) is 13.9. The van der Waals surface area contributed by atoms with Gasteiger partial charge in [-0.1, -0.05) is 0 Å². The van der Waals surface area contributed by atoms with Crippen LogP contribution in [0.2, 0.25) is 0 Å². The van der Waals surface area contributed by atoms with E-state index in [0.717, 1.165) is 16.6 Å². The van der Waals surface area contributed by atoms with Crippen molar-refractivity contribution in [2.75, 3.05) is 25.6 Å². The van der Waals surface area contributed by atoms with Crippen molar-refractivity contribution in [2.24, 2.45) is 10.8 Å². The highest BCUT2D eigenvalue weighted by molar-refractivity contribution is 9.10. The molecule has 1 aromatic rings. The number of hydrazine groups is 1. The van der Waals surface area contributed by atoms with Crippen molar-refractivity contribution >= 4 is 27.6 Å². The third-order valence-corrected chi connectivity index (χ3v) is 2.31. The van der Waals surface area contributed by atoms with E-state index in [2.05, 4.69) is 36.6 Å². The molecule has 0 aliphatic carbocycles. The van der Waals surface area contributed by atoms with Gasteiger partial charge in [0.2, 0.25) is 5.96 Å². The maximum atomic E-state index is 5.37. The number of aliphatic imine (C=N–C) groups is 1. The van der Waals surface area contributed by atoms with Crippen LogP contribution in [0.1, 0.15) is 6.42 Å². The van der Waals surface area contributed by atoms with E-state index in [9.17, 15) is 0 Å². The number of guanidine groups is 1. The van der Waals surface area contributed by atoms with Gasteiger partial charge in [0.15, 0.2) is 0 Å². The Morgan fingerprint density at radius 1 is 1.59 bits per heavy atom. The summed E-state index contributed by atoms with van der Waals surface area (Å²) in [6.45, 7) is 1.32. The second kappa shape index (κ2) is 7.99. The summed E-state index contributed by atoms with van der Waals surface area (Å²) in [5.74, 6) is 5.87. The van der Waals surface area contributed by atoms with Crippen LogP contribution in [0.15, 0.2) is 27.9 Å². The van der Waals surface area contributed by atoms with E-state index in [1.807, 2.05) is 6.07 Å². The zero-order valence-electron chi connectivity index (χ0n) is 9.61. The summed E-state index contributed by atoms with van der Waals surface area (Å²) in [7, 11) is 1.66. The molecule has 0 fully saturated rings. The van der Waals surface area contributed by atoms with E-state index in [1.54, 1.807) is 19.5 Å². The topological polar surface area (TPSA) is 84.6 Å². The van der Waals surface area contributed by atoms with Crippen molar-refractivity contribution < 1.29 is 4.74 Å². The molecule has 0 bridgehead atoms. The molecule has 0 atom stereocenters.